The standard InChI is InChI=1S/C22H15ClF3N3O4/c23-18-9-8-16(11-17(18)22(24,25)26)29-21(33)28-14-6-4-12(5-7-14)19(30)27-15-3-1-2-13(10-15)20(31)32/h1-11H,(H,27,30)(H,31,32)(H2,28,29,33). The minimum atomic E-state index is -4.67. The van der Waals surface area contributed by atoms with Crippen LogP contribution in [0.2, 0.25) is 5.02 Å². The second-order valence-electron chi connectivity index (χ2n) is 6.69. The van der Waals surface area contributed by atoms with Gasteiger partial charge in [-0.05, 0) is 60.7 Å². The van der Waals surface area contributed by atoms with Gasteiger partial charge in [0.2, 0.25) is 0 Å². The molecule has 0 aliphatic rings. The third-order valence-corrected chi connectivity index (χ3v) is 4.63. The average Bonchev–Trinajstić information content (AvgIpc) is 2.75. The molecule has 3 rings (SSSR count). The van der Waals surface area contributed by atoms with Gasteiger partial charge in [-0.25, -0.2) is 9.59 Å². The summed E-state index contributed by atoms with van der Waals surface area (Å²) >= 11 is 5.55. The van der Waals surface area contributed by atoms with E-state index in [-0.39, 0.29) is 22.5 Å². The maximum absolute atomic E-state index is 12.9. The largest absolute Gasteiger partial charge is 0.478 e. The molecular formula is C22H15ClF3N3O4. The molecule has 0 aliphatic carbocycles. The molecule has 33 heavy (non-hydrogen) atoms. The van der Waals surface area contributed by atoms with Gasteiger partial charge >= 0.3 is 18.2 Å². The van der Waals surface area contributed by atoms with E-state index in [0.29, 0.717) is 11.8 Å². The summed E-state index contributed by atoms with van der Waals surface area (Å²) in [6, 6.07) is 13.6. The molecule has 170 valence electrons. The van der Waals surface area contributed by atoms with Gasteiger partial charge in [0.05, 0.1) is 16.1 Å². The highest BCUT2D eigenvalue weighted by molar-refractivity contribution is 6.31. The van der Waals surface area contributed by atoms with E-state index in [0.717, 1.165) is 6.07 Å². The number of urea groups is 1. The van der Waals surface area contributed by atoms with Crippen molar-refractivity contribution in [3.63, 3.8) is 0 Å². The number of amides is 3. The van der Waals surface area contributed by atoms with Crippen LogP contribution in [0.25, 0.3) is 0 Å². The van der Waals surface area contributed by atoms with Crippen LogP contribution in [0.3, 0.4) is 0 Å². The zero-order valence-corrected chi connectivity index (χ0v) is 17.3. The van der Waals surface area contributed by atoms with Crippen LogP contribution in [0.1, 0.15) is 26.3 Å². The van der Waals surface area contributed by atoms with E-state index in [1.165, 1.54) is 54.6 Å². The molecule has 0 atom stereocenters. The fraction of sp³-hybridized carbons (Fsp3) is 0.0455. The summed E-state index contributed by atoms with van der Waals surface area (Å²) in [5, 5.41) is 15.8. The predicted octanol–water partition coefficient (Wildman–Crippen LogP) is 5.95. The smallest absolute Gasteiger partial charge is 0.417 e. The van der Waals surface area contributed by atoms with Crippen LogP contribution < -0.4 is 16.0 Å². The molecular weight excluding hydrogens is 463 g/mol. The SMILES string of the molecule is O=C(Nc1ccc(C(=O)Nc2cccc(C(=O)O)c2)cc1)Nc1ccc(Cl)c(C(F)(F)F)c1. The Bertz CT molecular complexity index is 1210. The first kappa shape index (κ1) is 23.6. The molecule has 3 aromatic carbocycles. The number of aromatic carboxylic acids is 1. The van der Waals surface area contributed by atoms with Gasteiger partial charge in [0, 0.05) is 22.6 Å². The second-order valence-corrected chi connectivity index (χ2v) is 7.10. The lowest BCUT2D eigenvalue weighted by molar-refractivity contribution is -0.137. The van der Waals surface area contributed by atoms with E-state index in [1.54, 1.807) is 0 Å². The van der Waals surface area contributed by atoms with E-state index in [2.05, 4.69) is 16.0 Å². The number of carbonyl (C=O) groups excluding carboxylic acids is 2. The lowest BCUT2D eigenvalue weighted by atomic mass is 10.1. The van der Waals surface area contributed by atoms with Crippen LogP contribution in [0.5, 0.6) is 0 Å². The molecule has 3 aromatic rings. The molecule has 0 spiro atoms. The number of carbonyl (C=O) groups is 3. The fourth-order valence-corrected chi connectivity index (χ4v) is 2.98. The minimum Gasteiger partial charge on any atom is -0.478 e. The Morgan fingerprint density at radius 3 is 2.00 bits per heavy atom. The van der Waals surface area contributed by atoms with E-state index in [4.69, 9.17) is 16.7 Å². The van der Waals surface area contributed by atoms with Crippen LogP contribution in [-0.4, -0.2) is 23.0 Å². The van der Waals surface area contributed by atoms with Gasteiger partial charge in [0.1, 0.15) is 0 Å². The zero-order chi connectivity index (χ0) is 24.2. The number of hydrogen-bond acceptors (Lipinski definition) is 3. The van der Waals surface area contributed by atoms with E-state index >= 15 is 0 Å². The molecule has 0 bridgehead atoms. The van der Waals surface area contributed by atoms with Crippen LogP contribution in [-0.2, 0) is 6.18 Å². The number of rotatable bonds is 5. The van der Waals surface area contributed by atoms with Gasteiger partial charge in [0.15, 0.2) is 0 Å². The first-order valence-corrected chi connectivity index (χ1v) is 9.60. The van der Waals surface area contributed by atoms with Crippen molar-refractivity contribution in [2.45, 2.75) is 6.18 Å². The molecule has 0 heterocycles. The van der Waals surface area contributed by atoms with E-state index in [1.807, 2.05) is 0 Å². The molecule has 0 saturated carbocycles. The lowest BCUT2D eigenvalue weighted by Crippen LogP contribution is -2.20. The molecule has 11 heteroatoms. The Hall–Kier alpha value is -4.05. The van der Waals surface area contributed by atoms with Crippen molar-refractivity contribution < 1.29 is 32.7 Å². The highest BCUT2D eigenvalue weighted by Gasteiger charge is 2.33. The number of carboxylic acid groups (broad SMARTS) is 1. The number of carboxylic acids is 1. The fourth-order valence-electron chi connectivity index (χ4n) is 2.75. The monoisotopic (exact) mass is 477 g/mol. The predicted molar refractivity (Wildman–Crippen MR) is 117 cm³/mol. The summed E-state index contributed by atoms with van der Waals surface area (Å²) in [5.74, 6) is -1.64. The molecule has 0 radical (unpaired) electrons. The van der Waals surface area contributed by atoms with Crippen molar-refractivity contribution in [3.8, 4) is 0 Å². The van der Waals surface area contributed by atoms with Gasteiger partial charge in [-0.2, -0.15) is 13.2 Å². The van der Waals surface area contributed by atoms with Crippen LogP contribution in [0.15, 0.2) is 66.7 Å². The van der Waals surface area contributed by atoms with Crippen LogP contribution in [0, 0.1) is 0 Å². The zero-order valence-electron chi connectivity index (χ0n) is 16.5. The summed E-state index contributed by atoms with van der Waals surface area (Å²) in [6.07, 6.45) is -4.67. The third kappa shape index (κ3) is 6.23. The van der Waals surface area contributed by atoms with Crippen molar-refractivity contribution in [1.29, 1.82) is 0 Å². The van der Waals surface area contributed by atoms with E-state index in [9.17, 15) is 27.6 Å². The van der Waals surface area contributed by atoms with Crippen molar-refractivity contribution in [2.75, 3.05) is 16.0 Å². The molecule has 3 amide bonds. The van der Waals surface area contributed by atoms with Gasteiger partial charge in [-0.1, -0.05) is 17.7 Å². The number of nitrogens with one attached hydrogen (secondary N) is 3. The highest BCUT2D eigenvalue weighted by atomic mass is 35.5. The van der Waals surface area contributed by atoms with E-state index < -0.39 is 34.7 Å². The Labute approximate surface area is 190 Å². The Morgan fingerprint density at radius 2 is 1.36 bits per heavy atom. The van der Waals surface area contributed by atoms with Crippen molar-refractivity contribution >= 4 is 46.6 Å². The molecule has 4 N–H and O–H groups in total. The summed E-state index contributed by atoms with van der Waals surface area (Å²) in [7, 11) is 0. The topological polar surface area (TPSA) is 108 Å². The van der Waals surface area contributed by atoms with Crippen LogP contribution >= 0.6 is 11.6 Å². The van der Waals surface area contributed by atoms with Crippen molar-refractivity contribution in [3.05, 3.63) is 88.4 Å². The highest BCUT2D eigenvalue weighted by Crippen LogP contribution is 2.36. The van der Waals surface area contributed by atoms with Crippen molar-refractivity contribution in [1.82, 2.24) is 0 Å². The number of alkyl halides is 3. The molecule has 0 aliphatic heterocycles. The second kappa shape index (κ2) is 9.61. The summed E-state index contributed by atoms with van der Waals surface area (Å²) in [6.45, 7) is 0. The lowest BCUT2D eigenvalue weighted by Gasteiger charge is -2.12. The Kier molecular flexibility index (Phi) is 6.88. The van der Waals surface area contributed by atoms with Gasteiger partial charge in [-0.3, -0.25) is 4.79 Å². The number of benzene rings is 3. The first-order valence-electron chi connectivity index (χ1n) is 9.22. The molecule has 0 aromatic heterocycles. The molecule has 0 fully saturated rings. The summed E-state index contributed by atoms with van der Waals surface area (Å²) < 4.78 is 38.8. The number of hydrogen-bond donors (Lipinski definition) is 4. The maximum atomic E-state index is 12.9. The number of halogens is 4. The van der Waals surface area contributed by atoms with Gasteiger partial charge in [-0.15, -0.1) is 0 Å². The quantitative estimate of drug-likeness (QED) is 0.364. The molecule has 7 nitrogen and oxygen atoms in total. The summed E-state index contributed by atoms with van der Waals surface area (Å²) in [5.41, 5.74) is -0.366. The Balaban J connectivity index is 1.62. The maximum Gasteiger partial charge on any atom is 0.417 e. The van der Waals surface area contributed by atoms with Crippen molar-refractivity contribution in [2.24, 2.45) is 0 Å². The number of anilines is 3. The van der Waals surface area contributed by atoms with Crippen LogP contribution in [0.4, 0.5) is 35.0 Å². The average molecular weight is 478 g/mol. The third-order valence-electron chi connectivity index (χ3n) is 4.30. The van der Waals surface area contributed by atoms with Gasteiger partial charge in [0.25, 0.3) is 5.91 Å². The minimum absolute atomic E-state index is 0.0152. The Morgan fingerprint density at radius 1 is 0.758 bits per heavy atom. The normalized spacial score (nSPS) is 10.9. The first-order chi connectivity index (χ1) is 15.5. The molecule has 0 saturated heterocycles. The van der Waals surface area contributed by atoms with Gasteiger partial charge < -0.3 is 21.1 Å². The summed E-state index contributed by atoms with van der Waals surface area (Å²) in [4.78, 5) is 35.5. The molecule has 0 unspecified atom stereocenters.